The zero-order chi connectivity index (χ0) is 18.9. The molecule has 0 saturated carbocycles. The first-order valence-electron chi connectivity index (χ1n) is 7.83. The van der Waals surface area contributed by atoms with Crippen molar-refractivity contribution >= 4 is 23.6 Å². The highest BCUT2D eigenvalue weighted by Gasteiger charge is 2.14. The van der Waals surface area contributed by atoms with Crippen molar-refractivity contribution in [2.45, 2.75) is 19.6 Å². The van der Waals surface area contributed by atoms with Crippen LogP contribution in [0.1, 0.15) is 12.5 Å². The van der Waals surface area contributed by atoms with Crippen molar-refractivity contribution < 1.29 is 23.1 Å². The molecule has 0 aliphatic carbocycles. The minimum atomic E-state index is -2.91. The van der Waals surface area contributed by atoms with E-state index < -0.39 is 24.5 Å². The number of amides is 2. The fraction of sp³-hybridized carbons (Fsp3) is 0.158. The number of rotatable bonds is 7. The minimum absolute atomic E-state index is 0.00889. The second-order valence-corrected chi connectivity index (χ2v) is 5.37. The van der Waals surface area contributed by atoms with Crippen LogP contribution in [0.3, 0.4) is 0 Å². The summed E-state index contributed by atoms with van der Waals surface area (Å²) in [5.74, 6) is -0.850. The molecule has 26 heavy (non-hydrogen) atoms. The molecule has 2 aromatic carbocycles. The summed E-state index contributed by atoms with van der Waals surface area (Å²) in [6.45, 7) is -1.37. The molecule has 0 saturated heterocycles. The third-order valence-corrected chi connectivity index (χ3v) is 3.33. The minimum Gasteiger partial charge on any atom is -0.435 e. The molecule has 2 N–H and O–H groups in total. The van der Waals surface area contributed by atoms with E-state index in [0.717, 1.165) is 5.56 Å². The topological polar surface area (TPSA) is 67.4 Å². The van der Waals surface area contributed by atoms with Gasteiger partial charge in [-0.3, -0.25) is 9.59 Å². The summed E-state index contributed by atoms with van der Waals surface area (Å²) in [7, 11) is 0. The first-order chi connectivity index (χ1) is 12.4. The van der Waals surface area contributed by atoms with Crippen LogP contribution in [0.4, 0.5) is 14.5 Å². The van der Waals surface area contributed by atoms with Gasteiger partial charge in [-0.15, -0.1) is 0 Å². The van der Waals surface area contributed by atoms with Crippen LogP contribution < -0.4 is 15.4 Å². The molecule has 1 atom stereocenters. The van der Waals surface area contributed by atoms with E-state index in [9.17, 15) is 18.4 Å². The van der Waals surface area contributed by atoms with Crippen LogP contribution in [0.5, 0.6) is 5.75 Å². The molecule has 5 nitrogen and oxygen atoms in total. The molecule has 136 valence electrons. The summed E-state index contributed by atoms with van der Waals surface area (Å²) in [6.07, 6.45) is 2.98. The molecule has 0 unspecified atom stereocenters. The number of nitrogens with one attached hydrogen (secondary N) is 2. The molecule has 0 fully saturated rings. The summed E-state index contributed by atoms with van der Waals surface area (Å²) < 4.78 is 28.4. The number of halogens is 2. The molecule has 2 rings (SSSR count). The monoisotopic (exact) mass is 360 g/mol. The van der Waals surface area contributed by atoms with Crippen LogP contribution in [0.15, 0.2) is 60.7 Å². The van der Waals surface area contributed by atoms with Gasteiger partial charge in [-0.2, -0.15) is 8.78 Å². The van der Waals surface area contributed by atoms with Gasteiger partial charge in [0.25, 0.3) is 0 Å². The molecule has 0 aliphatic rings. The van der Waals surface area contributed by atoms with E-state index in [1.54, 1.807) is 6.08 Å². The van der Waals surface area contributed by atoms with Crippen molar-refractivity contribution in [3.63, 3.8) is 0 Å². The van der Waals surface area contributed by atoms with Gasteiger partial charge in [0.15, 0.2) is 0 Å². The van der Waals surface area contributed by atoms with Crippen molar-refractivity contribution in [3.8, 4) is 5.75 Å². The lowest BCUT2D eigenvalue weighted by Crippen LogP contribution is -2.40. The molecular weight excluding hydrogens is 342 g/mol. The maximum Gasteiger partial charge on any atom is 0.387 e. The smallest absolute Gasteiger partial charge is 0.387 e. The van der Waals surface area contributed by atoms with Crippen molar-refractivity contribution in [1.82, 2.24) is 5.32 Å². The van der Waals surface area contributed by atoms with E-state index in [-0.39, 0.29) is 5.75 Å². The third kappa shape index (κ3) is 6.35. The maximum absolute atomic E-state index is 12.1. The van der Waals surface area contributed by atoms with E-state index in [1.807, 2.05) is 30.3 Å². The van der Waals surface area contributed by atoms with E-state index in [4.69, 9.17) is 0 Å². The first-order valence-corrected chi connectivity index (χ1v) is 7.83. The van der Waals surface area contributed by atoms with E-state index in [2.05, 4.69) is 15.4 Å². The van der Waals surface area contributed by atoms with Crippen LogP contribution in [0.2, 0.25) is 0 Å². The Kier molecular flexibility index (Phi) is 6.84. The standard InChI is InChI=1S/C19H18F2N2O3/c1-13(22-17(24)12-7-14-5-3-2-4-6-14)18(25)23-15-8-10-16(11-9-15)26-19(20)21/h2-13,19H,1H3,(H,22,24)(H,23,25)/b12-7+/t13-/m0/s1. The molecule has 0 heterocycles. The highest BCUT2D eigenvalue weighted by molar-refractivity contribution is 5.99. The van der Waals surface area contributed by atoms with E-state index >= 15 is 0 Å². The van der Waals surface area contributed by atoms with Gasteiger partial charge in [0, 0.05) is 11.8 Å². The molecular formula is C19H18F2N2O3. The highest BCUT2D eigenvalue weighted by atomic mass is 19.3. The zero-order valence-corrected chi connectivity index (χ0v) is 14.0. The summed E-state index contributed by atoms with van der Waals surface area (Å²) >= 11 is 0. The quantitative estimate of drug-likeness (QED) is 0.743. The van der Waals surface area contributed by atoms with E-state index in [0.29, 0.717) is 5.69 Å². The number of carbonyl (C=O) groups is 2. The second kappa shape index (κ2) is 9.31. The van der Waals surface area contributed by atoms with Crippen LogP contribution in [0.25, 0.3) is 6.08 Å². The van der Waals surface area contributed by atoms with Crippen LogP contribution in [0, 0.1) is 0 Å². The fourth-order valence-corrected chi connectivity index (χ4v) is 2.03. The Hall–Kier alpha value is -3.22. The number of alkyl halides is 2. The lowest BCUT2D eigenvalue weighted by Gasteiger charge is -2.13. The summed E-state index contributed by atoms with van der Waals surface area (Å²) in [5.41, 5.74) is 1.27. The largest absolute Gasteiger partial charge is 0.435 e. The van der Waals surface area contributed by atoms with Gasteiger partial charge in [0.05, 0.1) is 0 Å². The first kappa shape index (κ1) is 19.1. The van der Waals surface area contributed by atoms with Crippen LogP contribution in [-0.2, 0) is 9.59 Å². The Morgan fingerprint density at radius 2 is 1.69 bits per heavy atom. The van der Waals surface area contributed by atoms with Crippen LogP contribution in [-0.4, -0.2) is 24.5 Å². The molecule has 2 aromatic rings. The zero-order valence-electron chi connectivity index (χ0n) is 14.0. The molecule has 0 aliphatic heterocycles. The third-order valence-electron chi connectivity index (χ3n) is 3.33. The Bertz CT molecular complexity index is 762. The van der Waals surface area contributed by atoms with Gasteiger partial charge >= 0.3 is 6.61 Å². The number of hydrogen-bond donors (Lipinski definition) is 2. The maximum atomic E-state index is 12.1. The Balaban J connectivity index is 1.85. The predicted octanol–water partition coefficient (Wildman–Crippen LogP) is 3.44. The molecule has 0 aromatic heterocycles. The van der Waals surface area contributed by atoms with Crippen molar-refractivity contribution in [2.75, 3.05) is 5.32 Å². The van der Waals surface area contributed by atoms with E-state index in [1.165, 1.54) is 37.3 Å². The lowest BCUT2D eigenvalue weighted by molar-refractivity contribution is -0.123. The molecule has 7 heteroatoms. The Morgan fingerprint density at radius 3 is 2.31 bits per heavy atom. The van der Waals surface area contributed by atoms with Gasteiger partial charge in [0.2, 0.25) is 11.8 Å². The molecule has 0 bridgehead atoms. The number of hydrogen-bond acceptors (Lipinski definition) is 3. The average molecular weight is 360 g/mol. The van der Waals surface area contributed by atoms with Crippen molar-refractivity contribution in [3.05, 3.63) is 66.2 Å². The number of benzene rings is 2. The van der Waals surface area contributed by atoms with Gasteiger partial charge in [-0.05, 0) is 42.8 Å². The molecule has 0 radical (unpaired) electrons. The number of anilines is 1. The normalized spacial score (nSPS) is 12.0. The summed E-state index contributed by atoms with van der Waals surface area (Å²) in [4.78, 5) is 23.9. The SMILES string of the molecule is C[C@H](NC(=O)/C=C/c1ccccc1)C(=O)Nc1ccc(OC(F)F)cc1. The van der Waals surface area contributed by atoms with Gasteiger partial charge < -0.3 is 15.4 Å². The van der Waals surface area contributed by atoms with Crippen LogP contribution >= 0.6 is 0 Å². The number of carbonyl (C=O) groups excluding carboxylic acids is 2. The summed E-state index contributed by atoms with van der Waals surface area (Å²) in [6, 6.07) is 14.0. The van der Waals surface area contributed by atoms with Gasteiger partial charge in [0.1, 0.15) is 11.8 Å². The highest BCUT2D eigenvalue weighted by Crippen LogP contribution is 2.17. The van der Waals surface area contributed by atoms with Crippen molar-refractivity contribution in [2.24, 2.45) is 0 Å². The lowest BCUT2D eigenvalue weighted by atomic mass is 10.2. The average Bonchev–Trinajstić information content (AvgIpc) is 2.62. The molecule has 0 spiro atoms. The van der Waals surface area contributed by atoms with Crippen molar-refractivity contribution in [1.29, 1.82) is 0 Å². The van der Waals surface area contributed by atoms with Gasteiger partial charge in [-0.1, -0.05) is 30.3 Å². The number of ether oxygens (including phenoxy) is 1. The summed E-state index contributed by atoms with van der Waals surface area (Å²) in [5, 5.41) is 5.13. The Morgan fingerprint density at radius 1 is 1.04 bits per heavy atom. The van der Waals surface area contributed by atoms with Gasteiger partial charge in [-0.25, -0.2) is 0 Å². The Labute approximate surface area is 149 Å². The molecule has 2 amide bonds. The fourth-order valence-electron chi connectivity index (χ4n) is 2.03. The predicted molar refractivity (Wildman–Crippen MR) is 94.8 cm³/mol. The second-order valence-electron chi connectivity index (χ2n) is 5.37.